The van der Waals surface area contributed by atoms with Crippen LogP contribution >= 0.6 is 11.3 Å². The third-order valence-corrected chi connectivity index (χ3v) is 11.4. The average Bonchev–Trinajstić information content (AvgIpc) is 3.83. The summed E-state index contributed by atoms with van der Waals surface area (Å²) in [6.45, 7) is 0. The molecule has 8 aromatic carbocycles. The molecular formula is C46H28N2S. The van der Waals surface area contributed by atoms with E-state index in [0.717, 1.165) is 0 Å². The summed E-state index contributed by atoms with van der Waals surface area (Å²) in [5, 5.41) is 10.3. The van der Waals surface area contributed by atoms with E-state index in [4.69, 9.17) is 0 Å². The van der Waals surface area contributed by atoms with Crippen LogP contribution in [0.3, 0.4) is 0 Å². The molecule has 0 spiro atoms. The Kier molecular flexibility index (Phi) is 5.57. The van der Waals surface area contributed by atoms with Crippen molar-refractivity contribution in [3.05, 3.63) is 170 Å². The molecule has 0 bridgehead atoms. The molecule has 0 aliphatic heterocycles. The molecule has 0 fully saturated rings. The van der Waals surface area contributed by atoms with Crippen molar-refractivity contribution in [2.45, 2.75) is 0 Å². The van der Waals surface area contributed by atoms with Crippen LogP contribution in [-0.2, 0) is 0 Å². The van der Waals surface area contributed by atoms with E-state index in [2.05, 4.69) is 179 Å². The van der Waals surface area contributed by atoms with Crippen LogP contribution in [0.5, 0.6) is 0 Å². The highest BCUT2D eigenvalue weighted by Gasteiger charge is 2.24. The fraction of sp³-hybridized carbons (Fsp3) is 0. The minimum absolute atomic E-state index is 1.17. The van der Waals surface area contributed by atoms with Crippen LogP contribution in [0, 0.1) is 0 Å². The van der Waals surface area contributed by atoms with Crippen LogP contribution in [0.2, 0.25) is 0 Å². The molecule has 11 rings (SSSR count). The molecular weight excluding hydrogens is 613 g/mol. The van der Waals surface area contributed by atoms with Crippen molar-refractivity contribution in [2.75, 3.05) is 0 Å². The van der Waals surface area contributed by atoms with Crippen molar-refractivity contribution in [1.82, 2.24) is 9.13 Å². The highest BCUT2D eigenvalue weighted by Crippen LogP contribution is 2.48. The van der Waals surface area contributed by atoms with Crippen molar-refractivity contribution in [2.24, 2.45) is 0 Å². The Bertz CT molecular complexity index is 3090. The van der Waals surface area contributed by atoms with E-state index in [9.17, 15) is 0 Å². The fourth-order valence-electron chi connectivity index (χ4n) is 8.32. The van der Waals surface area contributed by atoms with Gasteiger partial charge in [-0.1, -0.05) is 121 Å². The molecule has 2 nitrogen and oxygen atoms in total. The first-order valence-electron chi connectivity index (χ1n) is 16.8. The smallest absolute Gasteiger partial charge is 0.0627 e. The van der Waals surface area contributed by atoms with Crippen molar-refractivity contribution >= 4 is 85.9 Å². The number of hydrogen-bond donors (Lipinski definition) is 0. The lowest BCUT2D eigenvalue weighted by atomic mass is 9.99. The van der Waals surface area contributed by atoms with Crippen molar-refractivity contribution in [1.29, 1.82) is 0 Å². The predicted molar refractivity (Wildman–Crippen MR) is 211 cm³/mol. The fourth-order valence-corrected chi connectivity index (χ4v) is 9.43. The highest BCUT2D eigenvalue weighted by molar-refractivity contribution is 7.26. The maximum Gasteiger partial charge on any atom is 0.0627 e. The van der Waals surface area contributed by atoms with Gasteiger partial charge in [-0.05, 0) is 59.7 Å². The van der Waals surface area contributed by atoms with Gasteiger partial charge < -0.3 is 9.13 Å². The van der Waals surface area contributed by atoms with Gasteiger partial charge >= 0.3 is 0 Å². The molecule has 49 heavy (non-hydrogen) atoms. The lowest BCUT2D eigenvalue weighted by Gasteiger charge is -2.13. The van der Waals surface area contributed by atoms with Gasteiger partial charge in [0, 0.05) is 63.9 Å². The molecule has 0 N–H and O–H groups in total. The first-order chi connectivity index (χ1) is 24.3. The zero-order chi connectivity index (χ0) is 32.1. The standard InChI is InChI=1S/C46H28N2S/c1-3-14-29(15-4-1)32-22-13-25-41-42(32)37-28-31(26-27-40(37)49-41)48-39-24-12-10-21-36(39)44-43-35-20-9-11-23-38(35)47(30-16-5-2-6-17-30)45(43)33-18-7-8-19-34(33)46(44)48/h1-28H. The zero-order valence-corrected chi connectivity index (χ0v) is 27.3. The van der Waals surface area contributed by atoms with Gasteiger partial charge in [0.1, 0.15) is 0 Å². The Morgan fingerprint density at radius 1 is 0.347 bits per heavy atom. The molecule has 0 saturated carbocycles. The van der Waals surface area contributed by atoms with Gasteiger partial charge in [0.05, 0.1) is 22.1 Å². The summed E-state index contributed by atoms with van der Waals surface area (Å²) < 4.78 is 7.61. The highest BCUT2D eigenvalue weighted by atomic mass is 32.1. The Morgan fingerprint density at radius 3 is 1.55 bits per heavy atom. The lowest BCUT2D eigenvalue weighted by Crippen LogP contribution is -1.96. The van der Waals surface area contributed by atoms with Crippen molar-refractivity contribution < 1.29 is 0 Å². The van der Waals surface area contributed by atoms with E-state index >= 15 is 0 Å². The van der Waals surface area contributed by atoms with E-state index < -0.39 is 0 Å². The number of fused-ring (bicyclic) bond motifs is 13. The van der Waals surface area contributed by atoms with Gasteiger partial charge in [-0.2, -0.15) is 0 Å². The largest absolute Gasteiger partial charge is 0.309 e. The number of aromatic nitrogens is 2. The Balaban J connectivity index is 1.33. The summed E-state index contributed by atoms with van der Waals surface area (Å²) in [5.74, 6) is 0. The van der Waals surface area contributed by atoms with Crippen LogP contribution in [0.25, 0.3) is 97.1 Å². The first kappa shape index (κ1) is 26.9. The molecule has 0 radical (unpaired) electrons. The van der Waals surface area contributed by atoms with E-state index in [0.29, 0.717) is 0 Å². The second-order valence-electron chi connectivity index (χ2n) is 12.9. The molecule has 0 unspecified atom stereocenters. The number of benzene rings is 8. The number of hydrogen-bond acceptors (Lipinski definition) is 1. The molecule has 3 heterocycles. The minimum atomic E-state index is 1.17. The third-order valence-electron chi connectivity index (χ3n) is 10.3. The summed E-state index contributed by atoms with van der Waals surface area (Å²) in [6.07, 6.45) is 0. The molecule has 0 amide bonds. The number of rotatable bonds is 3. The first-order valence-corrected chi connectivity index (χ1v) is 17.6. The Hall–Kier alpha value is -6.16. The van der Waals surface area contributed by atoms with Crippen molar-refractivity contribution in [3.63, 3.8) is 0 Å². The summed E-state index contributed by atoms with van der Waals surface area (Å²) in [4.78, 5) is 0. The van der Waals surface area contributed by atoms with Gasteiger partial charge in [0.2, 0.25) is 0 Å². The summed E-state index contributed by atoms with van der Waals surface area (Å²) >= 11 is 1.88. The molecule has 0 aliphatic rings. The topological polar surface area (TPSA) is 9.86 Å². The average molecular weight is 641 g/mol. The molecule has 228 valence electrons. The van der Waals surface area contributed by atoms with E-state index in [1.165, 1.54) is 97.1 Å². The summed E-state index contributed by atoms with van der Waals surface area (Å²) in [5.41, 5.74) is 9.82. The van der Waals surface area contributed by atoms with Crippen LogP contribution in [0.15, 0.2) is 170 Å². The zero-order valence-electron chi connectivity index (χ0n) is 26.5. The predicted octanol–water partition coefficient (Wildman–Crippen LogP) is 13.1. The molecule has 11 aromatic rings. The number of thiophene rings is 1. The second kappa shape index (κ2) is 10.2. The maximum absolute atomic E-state index is 2.52. The molecule has 3 heteroatoms. The third kappa shape index (κ3) is 3.71. The van der Waals surface area contributed by atoms with E-state index in [-0.39, 0.29) is 0 Å². The molecule has 0 atom stereocenters. The van der Waals surface area contributed by atoms with Crippen LogP contribution < -0.4 is 0 Å². The minimum Gasteiger partial charge on any atom is -0.309 e. The summed E-state index contributed by atoms with van der Waals surface area (Å²) in [7, 11) is 0. The normalized spacial score (nSPS) is 12.1. The van der Waals surface area contributed by atoms with Crippen LogP contribution in [0.4, 0.5) is 0 Å². The van der Waals surface area contributed by atoms with Crippen LogP contribution in [0.1, 0.15) is 0 Å². The SMILES string of the molecule is c1ccc(-c2cccc3sc4ccc(-n5c6ccccc6c6c7c8ccccc8n(-c8ccccc8)c7c7ccccc7c65)cc4c23)cc1. The Morgan fingerprint density at radius 2 is 0.898 bits per heavy atom. The van der Waals surface area contributed by atoms with Gasteiger partial charge in [0.15, 0.2) is 0 Å². The quantitative estimate of drug-likeness (QED) is 0.182. The van der Waals surface area contributed by atoms with Crippen LogP contribution in [-0.4, -0.2) is 9.13 Å². The number of nitrogens with zero attached hydrogens (tertiary/aromatic N) is 2. The van der Waals surface area contributed by atoms with Crippen molar-refractivity contribution in [3.8, 4) is 22.5 Å². The maximum atomic E-state index is 2.52. The van der Waals surface area contributed by atoms with Gasteiger partial charge in [-0.3, -0.25) is 0 Å². The molecule has 0 aliphatic carbocycles. The molecule has 3 aromatic heterocycles. The van der Waals surface area contributed by atoms with E-state index in [1.54, 1.807) is 0 Å². The second-order valence-corrected chi connectivity index (χ2v) is 13.9. The Labute approximate surface area is 286 Å². The van der Waals surface area contributed by atoms with Gasteiger partial charge in [-0.15, -0.1) is 11.3 Å². The monoisotopic (exact) mass is 640 g/mol. The van der Waals surface area contributed by atoms with E-state index in [1.807, 2.05) is 11.3 Å². The lowest BCUT2D eigenvalue weighted by molar-refractivity contribution is 1.18. The number of para-hydroxylation sites is 3. The van der Waals surface area contributed by atoms with Gasteiger partial charge in [-0.25, -0.2) is 0 Å². The molecule has 0 saturated heterocycles. The van der Waals surface area contributed by atoms with Gasteiger partial charge in [0.25, 0.3) is 0 Å². The summed E-state index contributed by atoms with van der Waals surface area (Å²) in [6, 6.07) is 62.2.